The largest absolute Gasteiger partial charge is 0.497 e. The van der Waals surface area contributed by atoms with Crippen LogP contribution in [-0.2, 0) is 11.3 Å². The molecule has 0 saturated carbocycles. The van der Waals surface area contributed by atoms with Crippen LogP contribution in [0.1, 0.15) is 29.6 Å². The Kier molecular flexibility index (Phi) is 5.26. The first kappa shape index (κ1) is 19.7. The molecule has 3 aromatic rings. The van der Waals surface area contributed by atoms with Gasteiger partial charge in [-0.05, 0) is 38.1 Å². The first-order valence-corrected chi connectivity index (χ1v) is 9.75. The molecule has 9 nitrogen and oxygen atoms in total. The van der Waals surface area contributed by atoms with E-state index in [0.717, 1.165) is 29.2 Å². The highest BCUT2D eigenvalue weighted by molar-refractivity contribution is 5.98. The lowest BCUT2D eigenvalue weighted by molar-refractivity contribution is -0.117. The summed E-state index contributed by atoms with van der Waals surface area (Å²) in [5.41, 5.74) is 3.10. The highest BCUT2D eigenvalue weighted by Crippen LogP contribution is 2.25. The van der Waals surface area contributed by atoms with Gasteiger partial charge in [0, 0.05) is 42.5 Å². The molecule has 1 fully saturated rings. The second-order valence-electron chi connectivity index (χ2n) is 7.11. The summed E-state index contributed by atoms with van der Waals surface area (Å²) in [4.78, 5) is 26.7. The van der Waals surface area contributed by atoms with Gasteiger partial charge in [-0.1, -0.05) is 5.16 Å². The number of aryl methyl sites for hydroxylation is 1. The Balaban J connectivity index is 1.42. The maximum Gasteiger partial charge on any atom is 0.290 e. The van der Waals surface area contributed by atoms with Crippen LogP contribution in [0.2, 0.25) is 0 Å². The van der Waals surface area contributed by atoms with Gasteiger partial charge >= 0.3 is 0 Å². The highest BCUT2D eigenvalue weighted by Gasteiger charge is 2.32. The smallest absolute Gasteiger partial charge is 0.290 e. The zero-order valence-electron chi connectivity index (χ0n) is 17.1. The van der Waals surface area contributed by atoms with Crippen molar-refractivity contribution in [1.29, 1.82) is 0 Å². The Morgan fingerprint density at radius 2 is 2.10 bits per heavy atom. The topological polar surface area (TPSA) is 102 Å². The molecule has 1 N–H and O–H groups in total. The number of methoxy groups -OCH3 is 1. The van der Waals surface area contributed by atoms with E-state index in [1.165, 1.54) is 0 Å². The van der Waals surface area contributed by atoms with Crippen LogP contribution in [0, 0.1) is 6.92 Å². The lowest BCUT2D eigenvalue weighted by Gasteiger charge is -2.17. The van der Waals surface area contributed by atoms with Crippen LogP contribution in [0.25, 0.3) is 11.3 Å². The molecular formula is C21H23N5O4. The number of nitrogens with zero attached hydrogens (tertiary/aromatic N) is 4. The Bertz CT molecular complexity index is 1070. The molecule has 0 spiro atoms. The minimum absolute atomic E-state index is 0.0497. The van der Waals surface area contributed by atoms with E-state index in [2.05, 4.69) is 15.6 Å². The van der Waals surface area contributed by atoms with E-state index in [4.69, 9.17) is 9.26 Å². The number of carbonyl (C=O) groups is 2. The zero-order valence-corrected chi connectivity index (χ0v) is 17.1. The minimum atomic E-state index is -0.399. The quantitative estimate of drug-likeness (QED) is 0.671. The summed E-state index contributed by atoms with van der Waals surface area (Å²) in [6, 6.07) is 8.52. The Labute approximate surface area is 173 Å². The maximum atomic E-state index is 12.6. The van der Waals surface area contributed by atoms with Crippen molar-refractivity contribution in [2.24, 2.45) is 0 Å². The van der Waals surface area contributed by atoms with Crippen LogP contribution in [-0.4, -0.2) is 46.4 Å². The standard InChI is InChI=1S/C21H23N5O4/c1-4-26-13(2)17(11-22-26)18-10-19(30-24-18)21(28)23-14-9-20(27)25(12-14)15-5-7-16(29-3)8-6-15/h5-8,10-11,14H,4,9,12H2,1-3H3,(H,23,28)/t14-/m0/s1. The van der Waals surface area contributed by atoms with Gasteiger partial charge in [0.1, 0.15) is 11.4 Å². The van der Waals surface area contributed by atoms with Gasteiger partial charge in [0.15, 0.2) is 0 Å². The second-order valence-corrected chi connectivity index (χ2v) is 7.11. The van der Waals surface area contributed by atoms with Crippen molar-refractivity contribution in [2.75, 3.05) is 18.6 Å². The molecule has 30 heavy (non-hydrogen) atoms. The molecule has 9 heteroatoms. The molecule has 0 radical (unpaired) electrons. The average Bonchev–Trinajstić information content (AvgIpc) is 3.46. The summed E-state index contributed by atoms with van der Waals surface area (Å²) in [5, 5.41) is 11.2. The van der Waals surface area contributed by atoms with Gasteiger partial charge in [0.05, 0.1) is 19.3 Å². The fraction of sp³-hybridized carbons (Fsp3) is 0.333. The molecule has 1 saturated heterocycles. The van der Waals surface area contributed by atoms with Crippen molar-refractivity contribution in [3.05, 3.63) is 48.0 Å². The molecule has 4 rings (SSSR count). The Morgan fingerprint density at radius 3 is 2.77 bits per heavy atom. The Hall–Kier alpha value is -3.62. The van der Waals surface area contributed by atoms with E-state index in [1.807, 2.05) is 30.7 Å². The third kappa shape index (κ3) is 3.66. The number of rotatable bonds is 6. The number of amides is 2. The first-order valence-electron chi connectivity index (χ1n) is 9.75. The monoisotopic (exact) mass is 409 g/mol. The second kappa shape index (κ2) is 8.02. The van der Waals surface area contributed by atoms with Crippen molar-refractivity contribution < 1.29 is 18.8 Å². The van der Waals surface area contributed by atoms with Gasteiger partial charge in [0.2, 0.25) is 11.7 Å². The van der Waals surface area contributed by atoms with E-state index >= 15 is 0 Å². The number of benzene rings is 1. The molecule has 156 valence electrons. The van der Waals surface area contributed by atoms with E-state index in [1.54, 1.807) is 36.4 Å². The summed E-state index contributed by atoms with van der Waals surface area (Å²) in [7, 11) is 1.59. The van der Waals surface area contributed by atoms with Crippen LogP contribution in [0.3, 0.4) is 0 Å². The molecule has 1 aliphatic heterocycles. The summed E-state index contributed by atoms with van der Waals surface area (Å²) < 4.78 is 12.2. The number of hydrogen-bond acceptors (Lipinski definition) is 6. The molecule has 2 aromatic heterocycles. The average molecular weight is 409 g/mol. The summed E-state index contributed by atoms with van der Waals surface area (Å²) in [5.74, 6) is 0.370. The third-order valence-electron chi connectivity index (χ3n) is 5.26. The normalized spacial score (nSPS) is 16.2. The lowest BCUT2D eigenvalue weighted by Crippen LogP contribution is -2.37. The van der Waals surface area contributed by atoms with Gasteiger partial charge in [-0.2, -0.15) is 5.10 Å². The van der Waals surface area contributed by atoms with Gasteiger partial charge < -0.3 is 19.5 Å². The van der Waals surface area contributed by atoms with Crippen molar-refractivity contribution in [3.63, 3.8) is 0 Å². The van der Waals surface area contributed by atoms with Crippen LogP contribution < -0.4 is 15.0 Å². The number of ether oxygens (including phenoxy) is 1. The fourth-order valence-corrected chi connectivity index (χ4v) is 3.60. The van der Waals surface area contributed by atoms with Crippen molar-refractivity contribution >= 4 is 17.5 Å². The molecule has 1 aliphatic rings. The predicted molar refractivity (Wildman–Crippen MR) is 109 cm³/mol. The fourth-order valence-electron chi connectivity index (χ4n) is 3.60. The number of hydrogen-bond donors (Lipinski definition) is 1. The summed E-state index contributed by atoms with van der Waals surface area (Å²) in [6.07, 6.45) is 1.93. The molecule has 0 unspecified atom stereocenters. The lowest BCUT2D eigenvalue weighted by atomic mass is 10.2. The summed E-state index contributed by atoms with van der Waals surface area (Å²) >= 11 is 0. The van der Waals surface area contributed by atoms with Crippen molar-refractivity contribution in [3.8, 4) is 17.0 Å². The molecular weight excluding hydrogens is 386 g/mol. The third-order valence-corrected chi connectivity index (χ3v) is 5.26. The molecule has 0 bridgehead atoms. The maximum absolute atomic E-state index is 12.6. The van der Waals surface area contributed by atoms with Crippen molar-refractivity contribution in [2.45, 2.75) is 32.9 Å². The van der Waals surface area contributed by atoms with Gasteiger partial charge in [0.25, 0.3) is 5.91 Å². The van der Waals surface area contributed by atoms with E-state index in [9.17, 15) is 9.59 Å². The SMILES string of the molecule is CCn1ncc(-c2cc(C(=O)N[C@H]3CC(=O)N(c4ccc(OC)cc4)C3)on2)c1C. The van der Waals surface area contributed by atoms with Crippen LogP contribution in [0.15, 0.2) is 41.1 Å². The zero-order chi connectivity index (χ0) is 21.3. The number of anilines is 1. The molecule has 1 aromatic carbocycles. The van der Waals surface area contributed by atoms with Gasteiger partial charge in [-0.15, -0.1) is 0 Å². The van der Waals surface area contributed by atoms with E-state index < -0.39 is 5.91 Å². The molecule has 2 amide bonds. The number of aromatic nitrogens is 3. The van der Waals surface area contributed by atoms with E-state index in [-0.39, 0.29) is 24.1 Å². The van der Waals surface area contributed by atoms with E-state index in [0.29, 0.717) is 12.2 Å². The van der Waals surface area contributed by atoms with Gasteiger partial charge in [-0.3, -0.25) is 14.3 Å². The van der Waals surface area contributed by atoms with Gasteiger partial charge in [-0.25, -0.2) is 0 Å². The summed E-state index contributed by atoms with van der Waals surface area (Å²) in [6.45, 7) is 5.08. The number of nitrogens with one attached hydrogen (secondary N) is 1. The predicted octanol–water partition coefficient (Wildman–Crippen LogP) is 2.41. The molecule has 1 atom stereocenters. The highest BCUT2D eigenvalue weighted by atomic mass is 16.5. The molecule has 3 heterocycles. The molecule has 0 aliphatic carbocycles. The first-order chi connectivity index (χ1) is 14.5. The van der Waals surface area contributed by atoms with Crippen LogP contribution >= 0.6 is 0 Å². The van der Waals surface area contributed by atoms with Crippen LogP contribution in [0.4, 0.5) is 5.69 Å². The van der Waals surface area contributed by atoms with Crippen molar-refractivity contribution in [1.82, 2.24) is 20.3 Å². The minimum Gasteiger partial charge on any atom is -0.497 e. The van der Waals surface area contributed by atoms with Crippen LogP contribution in [0.5, 0.6) is 5.75 Å². The number of carbonyl (C=O) groups excluding carboxylic acids is 2. The Morgan fingerprint density at radius 1 is 1.33 bits per heavy atom.